The third-order valence-corrected chi connectivity index (χ3v) is 1.43. The fourth-order valence-corrected chi connectivity index (χ4v) is 0.809. The maximum atomic E-state index is 2.24. The van der Waals surface area contributed by atoms with E-state index in [4.69, 9.17) is 0 Å². The molecule has 0 bridgehead atoms. The van der Waals surface area contributed by atoms with Crippen molar-refractivity contribution in [3.05, 3.63) is 30.7 Å². The second kappa shape index (κ2) is 7.15. The predicted octanol–water partition coefficient (Wildman–Crippen LogP) is 4.01. The van der Waals surface area contributed by atoms with Crippen LogP contribution < -0.4 is 0 Å². The summed E-state index contributed by atoms with van der Waals surface area (Å²) in [5.74, 6) is 1.34. The number of unbranched alkanes of at least 4 members (excludes halogenated alkanes) is 1. The summed E-state index contributed by atoms with van der Waals surface area (Å²) in [6, 6.07) is 0. The van der Waals surface area contributed by atoms with Gasteiger partial charge >= 0.3 is 0 Å². The minimum Gasteiger partial charge on any atom is -0.0877 e. The van der Waals surface area contributed by atoms with E-state index in [-0.39, 0.29) is 0 Å². The highest BCUT2D eigenvalue weighted by Gasteiger charge is 1.84. The smallest absolute Gasteiger partial charge is 0.0133 e. The summed E-state index contributed by atoms with van der Waals surface area (Å²) >= 11 is 0. The molecule has 0 unspecified atom stereocenters. The summed E-state index contributed by atoms with van der Waals surface area (Å²) in [6.07, 6.45) is 12.1. The summed E-state index contributed by atoms with van der Waals surface area (Å²) in [5, 5.41) is 0. The zero-order chi connectivity index (χ0) is 9.40. The summed E-state index contributed by atoms with van der Waals surface area (Å²) in [7, 11) is 0. The Kier molecular flexibility index (Phi) is 6.84. The zero-order valence-corrected chi connectivity index (χ0v) is 8.75. The lowest BCUT2D eigenvalue weighted by Gasteiger charge is -1.93. The van der Waals surface area contributed by atoms with Crippen LogP contribution >= 0.6 is 0 Å². The number of allylic oxidation sites excluding steroid dienone is 4. The third-order valence-electron chi connectivity index (χ3n) is 1.43. The van der Waals surface area contributed by atoms with Crippen molar-refractivity contribution in [1.29, 1.82) is 0 Å². The highest BCUT2D eigenvalue weighted by atomic mass is 13.9. The molecule has 0 saturated carbocycles. The molecule has 69 valence electrons. The highest BCUT2D eigenvalue weighted by Crippen LogP contribution is 2.00. The van der Waals surface area contributed by atoms with Crippen LogP contribution in [0.25, 0.3) is 0 Å². The van der Waals surface area contributed by atoms with Gasteiger partial charge in [-0.2, -0.15) is 0 Å². The van der Waals surface area contributed by atoms with Gasteiger partial charge in [0.15, 0.2) is 0 Å². The van der Waals surface area contributed by atoms with Crippen LogP contribution in [0.5, 0.6) is 0 Å². The quantitative estimate of drug-likeness (QED) is 0.426. The molecular weight excluding hydrogens is 144 g/mol. The van der Waals surface area contributed by atoms with Crippen LogP contribution in [0.3, 0.4) is 0 Å². The van der Waals surface area contributed by atoms with Crippen LogP contribution in [0.2, 0.25) is 0 Å². The molecule has 0 spiro atoms. The van der Waals surface area contributed by atoms with E-state index in [9.17, 15) is 0 Å². The molecule has 0 amide bonds. The van der Waals surface area contributed by atoms with Crippen LogP contribution in [0, 0.1) is 18.3 Å². The van der Waals surface area contributed by atoms with E-state index >= 15 is 0 Å². The Morgan fingerprint density at radius 3 is 2.00 bits per heavy atom. The molecule has 0 heteroatoms. The van der Waals surface area contributed by atoms with Gasteiger partial charge in [0.05, 0.1) is 0 Å². The van der Waals surface area contributed by atoms with Crippen molar-refractivity contribution in [3.8, 4) is 0 Å². The lowest BCUT2D eigenvalue weighted by molar-refractivity contribution is 0.824. The normalized spacial score (nSPS) is 12.8. The topological polar surface area (TPSA) is 0 Å². The summed E-state index contributed by atoms with van der Waals surface area (Å²) in [5.41, 5.74) is 0. The monoisotopic (exact) mass is 165 g/mol. The van der Waals surface area contributed by atoms with Gasteiger partial charge < -0.3 is 0 Å². The van der Waals surface area contributed by atoms with Crippen LogP contribution in [0.4, 0.5) is 0 Å². The maximum absolute atomic E-state index is 2.24. The molecule has 0 aliphatic rings. The Balaban J connectivity index is 3.32. The van der Waals surface area contributed by atoms with Crippen molar-refractivity contribution in [2.24, 2.45) is 11.8 Å². The van der Waals surface area contributed by atoms with Crippen molar-refractivity contribution >= 4 is 0 Å². The van der Waals surface area contributed by atoms with Gasteiger partial charge in [0.25, 0.3) is 0 Å². The van der Waals surface area contributed by atoms with E-state index in [1.54, 1.807) is 0 Å². The first kappa shape index (κ1) is 11.5. The molecular formula is C12H21. The molecule has 0 aromatic rings. The van der Waals surface area contributed by atoms with Gasteiger partial charge in [0, 0.05) is 0 Å². The van der Waals surface area contributed by atoms with Crippen LogP contribution in [0.1, 0.15) is 34.1 Å². The first-order chi connectivity index (χ1) is 5.63. The molecule has 0 N–H and O–H groups in total. The lowest BCUT2D eigenvalue weighted by atomic mass is 10.1. The minimum absolute atomic E-state index is 0.662. The summed E-state index contributed by atoms with van der Waals surface area (Å²) in [4.78, 5) is 0. The Hall–Kier alpha value is -0.520. The van der Waals surface area contributed by atoms with E-state index in [0.717, 1.165) is 6.42 Å². The van der Waals surface area contributed by atoms with Gasteiger partial charge in [0.2, 0.25) is 0 Å². The van der Waals surface area contributed by atoms with Crippen LogP contribution in [0.15, 0.2) is 24.3 Å². The van der Waals surface area contributed by atoms with Crippen molar-refractivity contribution in [1.82, 2.24) is 0 Å². The zero-order valence-electron chi connectivity index (χ0n) is 8.75. The molecule has 0 aromatic carbocycles. The Labute approximate surface area is 77.4 Å². The average Bonchev–Trinajstić information content (AvgIpc) is 1.95. The Bertz CT molecular complexity index is 120. The van der Waals surface area contributed by atoms with E-state index in [0.29, 0.717) is 11.8 Å². The van der Waals surface area contributed by atoms with Crippen LogP contribution in [-0.2, 0) is 0 Å². The van der Waals surface area contributed by atoms with E-state index in [2.05, 4.69) is 58.4 Å². The number of hydrogen-bond donors (Lipinski definition) is 0. The molecule has 1 radical (unpaired) electrons. The largest absolute Gasteiger partial charge is 0.0877 e. The first-order valence-corrected chi connectivity index (χ1v) is 4.79. The van der Waals surface area contributed by atoms with E-state index in [1.807, 2.05) is 0 Å². The van der Waals surface area contributed by atoms with Crippen molar-refractivity contribution in [3.63, 3.8) is 0 Å². The second-order valence-corrected chi connectivity index (χ2v) is 3.77. The molecule has 0 fully saturated rings. The molecule has 0 aromatic heterocycles. The van der Waals surface area contributed by atoms with Gasteiger partial charge in [-0.3, -0.25) is 0 Å². The Morgan fingerprint density at radius 1 is 0.917 bits per heavy atom. The molecule has 0 heterocycles. The van der Waals surface area contributed by atoms with Gasteiger partial charge in [0.1, 0.15) is 0 Å². The van der Waals surface area contributed by atoms with Gasteiger partial charge in [-0.1, -0.05) is 52.0 Å². The lowest BCUT2D eigenvalue weighted by Crippen LogP contribution is -1.78. The molecule has 0 rings (SSSR count). The van der Waals surface area contributed by atoms with Crippen molar-refractivity contribution in [2.45, 2.75) is 34.1 Å². The number of rotatable bonds is 5. The van der Waals surface area contributed by atoms with Gasteiger partial charge in [-0.15, -0.1) is 0 Å². The summed E-state index contributed by atoms with van der Waals surface area (Å²) in [6.45, 7) is 8.77. The number of hydrogen-bond acceptors (Lipinski definition) is 0. The minimum atomic E-state index is 0.662. The molecule has 12 heavy (non-hydrogen) atoms. The fourth-order valence-electron chi connectivity index (χ4n) is 0.809. The van der Waals surface area contributed by atoms with E-state index in [1.165, 1.54) is 0 Å². The van der Waals surface area contributed by atoms with Crippen molar-refractivity contribution < 1.29 is 0 Å². The molecule has 0 atom stereocenters. The van der Waals surface area contributed by atoms with Gasteiger partial charge in [-0.25, -0.2) is 0 Å². The average molecular weight is 165 g/mol. The van der Waals surface area contributed by atoms with Crippen molar-refractivity contribution in [2.75, 3.05) is 0 Å². The fraction of sp³-hybridized carbons (Fsp3) is 0.583. The van der Waals surface area contributed by atoms with Gasteiger partial charge in [-0.05, 0) is 24.7 Å². The molecule has 0 nitrogen and oxygen atoms in total. The van der Waals surface area contributed by atoms with Crippen LogP contribution in [-0.4, -0.2) is 0 Å². The highest BCUT2D eigenvalue weighted by molar-refractivity contribution is 5.01. The standard InChI is InChI=1S/C12H21/c1-11(2)9-7-5-6-8-10-12(3)4/h5,7-12H,6H2,1-4H3/b9-7-,10-8+. The summed E-state index contributed by atoms with van der Waals surface area (Å²) < 4.78 is 0. The predicted molar refractivity (Wildman–Crippen MR) is 56.9 cm³/mol. The first-order valence-electron chi connectivity index (χ1n) is 4.79. The molecule has 0 aliphatic heterocycles. The Morgan fingerprint density at radius 2 is 1.50 bits per heavy atom. The second-order valence-electron chi connectivity index (χ2n) is 3.77. The molecule has 0 saturated heterocycles. The molecule has 0 aliphatic carbocycles. The SMILES string of the molecule is CC(C)/C=C\[CH]C/C=C/C(C)C. The third kappa shape index (κ3) is 9.48. The van der Waals surface area contributed by atoms with E-state index < -0.39 is 0 Å². The maximum Gasteiger partial charge on any atom is -0.0133 e.